The van der Waals surface area contributed by atoms with Gasteiger partial charge in [0.15, 0.2) is 5.60 Å². The Morgan fingerprint density at radius 3 is 2.64 bits per heavy atom. The summed E-state index contributed by atoms with van der Waals surface area (Å²) in [6, 6.07) is 12.8. The van der Waals surface area contributed by atoms with Crippen LogP contribution in [0.25, 0.3) is 0 Å². The molecule has 0 aromatic heterocycles. The quantitative estimate of drug-likeness (QED) is 0.867. The Bertz CT molecular complexity index is 759. The van der Waals surface area contributed by atoms with Gasteiger partial charge < -0.3 is 10.1 Å². The lowest BCUT2D eigenvalue weighted by molar-refractivity contribution is -0.134. The minimum absolute atomic E-state index is 0.0589. The van der Waals surface area contributed by atoms with E-state index >= 15 is 0 Å². The van der Waals surface area contributed by atoms with Crippen LogP contribution in [0.3, 0.4) is 0 Å². The third kappa shape index (κ3) is 2.45. The number of cyclic esters (lactones) is 1. The Morgan fingerprint density at radius 2 is 1.86 bits per heavy atom. The van der Waals surface area contributed by atoms with Crippen molar-refractivity contribution >= 4 is 17.6 Å². The largest absolute Gasteiger partial charge is 0.445 e. The number of nitrogens with one attached hydrogen (secondary N) is 1. The number of esters is 1. The lowest BCUT2D eigenvalue weighted by Crippen LogP contribution is -2.49. The third-order valence-corrected chi connectivity index (χ3v) is 3.69. The van der Waals surface area contributed by atoms with Crippen LogP contribution in [-0.4, -0.2) is 17.5 Å². The summed E-state index contributed by atoms with van der Waals surface area (Å²) >= 11 is 0. The van der Waals surface area contributed by atoms with Crippen LogP contribution in [0.2, 0.25) is 0 Å². The molecule has 0 saturated carbocycles. The molecule has 22 heavy (non-hydrogen) atoms. The predicted octanol–water partition coefficient (Wildman–Crippen LogP) is 2.94. The number of amides is 1. The van der Waals surface area contributed by atoms with Gasteiger partial charge in [0.25, 0.3) is 5.91 Å². The number of ether oxygens (including phenoxy) is 1. The molecule has 112 valence electrons. The molecule has 0 aliphatic carbocycles. The van der Waals surface area contributed by atoms with Crippen molar-refractivity contribution < 1.29 is 18.7 Å². The molecular formula is C17H14FNO3. The first-order chi connectivity index (χ1) is 10.5. The molecule has 1 heterocycles. The first-order valence-electron chi connectivity index (χ1n) is 6.87. The summed E-state index contributed by atoms with van der Waals surface area (Å²) in [5, 5.41) is 2.48. The topological polar surface area (TPSA) is 55.4 Å². The van der Waals surface area contributed by atoms with E-state index in [1.165, 1.54) is 25.1 Å². The second-order valence-corrected chi connectivity index (χ2v) is 5.39. The van der Waals surface area contributed by atoms with E-state index in [0.717, 1.165) is 5.56 Å². The normalized spacial score (nSPS) is 20.0. The van der Waals surface area contributed by atoms with E-state index in [1.54, 1.807) is 30.3 Å². The molecule has 1 unspecified atom stereocenters. The van der Waals surface area contributed by atoms with Crippen LogP contribution in [0, 0.1) is 5.82 Å². The Balaban J connectivity index is 1.87. The van der Waals surface area contributed by atoms with Crippen LogP contribution >= 0.6 is 0 Å². The highest BCUT2D eigenvalue weighted by molar-refractivity contribution is 6.02. The molecule has 2 aromatic rings. The molecule has 0 saturated heterocycles. The molecule has 1 N–H and O–H groups in total. The highest BCUT2D eigenvalue weighted by Gasteiger charge is 2.42. The molecular weight excluding hydrogens is 285 g/mol. The van der Waals surface area contributed by atoms with Crippen molar-refractivity contribution in [2.75, 3.05) is 5.32 Å². The Kier molecular flexibility index (Phi) is 3.41. The zero-order valence-electron chi connectivity index (χ0n) is 11.9. The molecule has 1 aliphatic rings. The number of hydrogen-bond donors (Lipinski definition) is 1. The molecule has 5 heteroatoms. The van der Waals surface area contributed by atoms with E-state index in [2.05, 4.69) is 5.32 Å². The summed E-state index contributed by atoms with van der Waals surface area (Å²) in [4.78, 5) is 24.5. The fraction of sp³-hybridized carbons (Fsp3) is 0.176. The summed E-state index contributed by atoms with van der Waals surface area (Å²) in [7, 11) is 0. The number of halogens is 1. The summed E-state index contributed by atoms with van der Waals surface area (Å²) in [5.41, 5.74) is -0.111. The Labute approximate surface area is 126 Å². The summed E-state index contributed by atoms with van der Waals surface area (Å²) in [6.45, 7) is 1.52. The Morgan fingerprint density at radius 1 is 1.18 bits per heavy atom. The molecule has 0 fully saturated rings. The third-order valence-electron chi connectivity index (χ3n) is 3.69. The minimum atomic E-state index is -1.37. The molecule has 1 atom stereocenters. The second kappa shape index (κ2) is 5.26. The summed E-state index contributed by atoms with van der Waals surface area (Å²) in [6.07, 6.45) is 0.245. The van der Waals surface area contributed by atoms with Gasteiger partial charge in [0, 0.05) is 6.42 Å². The van der Waals surface area contributed by atoms with Crippen LogP contribution in [0.15, 0.2) is 48.5 Å². The van der Waals surface area contributed by atoms with Crippen LogP contribution in [0.4, 0.5) is 10.1 Å². The standard InChI is InChI=1S/C17H14FNO3/c1-17(16(21)19-14-9-5-4-8-13(14)18)10-11-6-2-3-7-12(11)15(20)22-17/h2-9H,10H2,1H3,(H,19,21). The van der Waals surface area contributed by atoms with E-state index in [4.69, 9.17) is 4.74 Å². The number of benzene rings is 2. The minimum Gasteiger partial charge on any atom is -0.445 e. The van der Waals surface area contributed by atoms with Gasteiger partial charge in [-0.05, 0) is 30.7 Å². The predicted molar refractivity (Wildman–Crippen MR) is 79.0 cm³/mol. The molecule has 4 nitrogen and oxygen atoms in total. The van der Waals surface area contributed by atoms with Gasteiger partial charge in [-0.15, -0.1) is 0 Å². The maximum atomic E-state index is 13.6. The van der Waals surface area contributed by atoms with Crippen LogP contribution in [0.5, 0.6) is 0 Å². The zero-order chi connectivity index (χ0) is 15.7. The van der Waals surface area contributed by atoms with Crippen molar-refractivity contribution in [3.05, 3.63) is 65.5 Å². The van der Waals surface area contributed by atoms with E-state index in [1.807, 2.05) is 0 Å². The number of fused-ring (bicyclic) bond motifs is 1. The maximum absolute atomic E-state index is 13.6. The van der Waals surface area contributed by atoms with Crippen molar-refractivity contribution in [3.8, 4) is 0 Å². The fourth-order valence-electron chi connectivity index (χ4n) is 2.48. The molecule has 1 amide bonds. The highest BCUT2D eigenvalue weighted by atomic mass is 19.1. The van der Waals surface area contributed by atoms with Gasteiger partial charge in [0.2, 0.25) is 0 Å². The van der Waals surface area contributed by atoms with Gasteiger partial charge in [0.1, 0.15) is 5.82 Å². The maximum Gasteiger partial charge on any atom is 0.339 e. The number of carbonyl (C=O) groups excluding carboxylic acids is 2. The molecule has 1 aliphatic heterocycles. The SMILES string of the molecule is CC1(C(=O)Nc2ccccc2F)Cc2ccccc2C(=O)O1. The summed E-state index contributed by atoms with van der Waals surface area (Å²) < 4.78 is 18.9. The van der Waals surface area contributed by atoms with Crippen molar-refractivity contribution in [3.63, 3.8) is 0 Å². The van der Waals surface area contributed by atoms with E-state index in [9.17, 15) is 14.0 Å². The molecule has 0 spiro atoms. The molecule has 0 radical (unpaired) electrons. The Hall–Kier alpha value is -2.69. The fourth-order valence-corrected chi connectivity index (χ4v) is 2.48. The van der Waals surface area contributed by atoms with E-state index in [-0.39, 0.29) is 12.1 Å². The van der Waals surface area contributed by atoms with E-state index in [0.29, 0.717) is 5.56 Å². The van der Waals surface area contributed by atoms with Gasteiger partial charge >= 0.3 is 5.97 Å². The highest BCUT2D eigenvalue weighted by Crippen LogP contribution is 2.29. The van der Waals surface area contributed by atoms with Gasteiger partial charge in [-0.25, -0.2) is 9.18 Å². The van der Waals surface area contributed by atoms with Crippen molar-refractivity contribution in [2.45, 2.75) is 18.9 Å². The van der Waals surface area contributed by atoms with Crippen LogP contribution in [0.1, 0.15) is 22.8 Å². The lowest BCUT2D eigenvalue weighted by Gasteiger charge is -2.33. The smallest absolute Gasteiger partial charge is 0.339 e. The monoisotopic (exact) mass is 299 g/mol. The van der Waals surface area contributed by atoms with Gasteiger partial charge in [-0.1, -0.05) is 30.3 Å². The van der Waals surface area contributed by atoms with Crippen molar-refractivity contribution in [1.29, 1.82) is 0 Å². The number of carbonyl (C=O) groups is 2. The second-order valence-electron chi connectivity index (χ2n) is 5.39. The summed E-state index contributed by atoms with van der Waals surface area (Å²) in [5.74, 6) is -1.64. The van der Waals surface area contributed by atoms with E-state index < -0.39 is 23.3 Å². The lowest BCUT2D eigenvalue weighted by atomic mass is 9.89. The number of rotatable bonds is 2. The van der Waals surface area contributed by atoms with Gasteiger partial charge in [-0.3, -0.25) is 4.79 Å². The van der Waals surface area contributed by atoms with Crippen LogP contribution < -0.4 is 5.32 Å². The first kappa shape index (κ1) is 14.3. The molecule has 2 aromatic carbocycles. The average molecular weight is 299 g/mol. The average Bonchev–Trinajstić information content (AvgIpc) is 2.49. The first-order valence-corrected chi connectivity index (χ1v) is 6.87. The van der Waals surface area contributed by atoms with Crippen molar-refractivity contribution in [2.24, 2.45) is 0 Å². The zero-order valence-corrected chi connectivity index (χ0v) is 11.9. The number of para-hydroxylation sites is 1. The molecule has 3 rings (SSSR count). The van der Waals surface area contributed by atoms with Crippen LogP contribution in [-0.2, 0) is 16.0 Å². The van der Waals surface area contributed by atoms with Crippen molar-refractivity contribution in [1.82, 2.24) is 0 Å². The molecule has 0 bridgehead atoms. The van der Waals surface area contributed by atoms with Gasteiger partial charge in [-0.2, -0.15) is 0 Å². The number of hydrogen-bond acceptors (Lipinski definition) is 3. The number of anilines is 1. The van der Waals surface area contributed by atoms with Gasteiger partial charge in [0.05, 0.1) is 11.3 Å².